The number of rotatable bonds is 4. The Morgan fingerprint density at radius 1 is 1.77 bits per heavy atom. The van der Waals surface area contributed by atoms with Gasteiger partial charge in [0, 0.05) is 18.5 Å². The van der Waals surface area contributed by atoms with E-state index < -0.39 is 0 Å². The lowest BCUT2D eigenvalue weighted by Crippen LogP contribution is -2.15. The Labute approximate surface area is 76.5 Å². The predicted octanol–water partition coefficient (Wildman–Crippen LogP) is 1.14. The highest BCUT2D eigenvalue weighted by atomic mass is 16.5. The summed E-state index contributed by atoms with van der Waals surface area (Å²) in [5.74, 6) is 0.578. The molecule has 0 atom stereocenters. The molecule has 0 bridgehead atoms. The zero-order valence-electron chi connectivity index (χ0n) is 7.56. The SMILES string of the molecule is CN(C=O)Cc1conc1C1CC1. The minimum Gasteiger partial charge on any atom is -0.364 e. The van der Waals surface area contributed by atoms with Crippen LogP contribution >= 0.6 is 0 Å². The second-order valence-corrected chi connectivity index (χ2v) is 3.52. The average molecular weight is 180 g/mol. The molecule has 1 aliphatic carbocycles. The standard InChI is InChI=1S/C9H12N2O2/c1-11(6-12)4-8-5-13-10-9(8)7-2-3-7/h5-7H,2-4H2,1H3. The summed E-state index contributed by atoms with van der Waals surface area (Å²) in [6, 6.07) is 0. The third kappa shape index (κ3) is 1.71. The molecule has 1 aromatic heterocycles. The molecule has 0 aromatic carbocycles. The zero-order valence-corrected chi connectivity index (χ0v) is 7.56. The fraction of sp³-hybridized carbons (Fsp3) is 0.556. The summed E-state index contributed by atoms with van der Waals surface area (Å²) in [6.45, 7) is 0.596. The second kappa shape index (κ2) is 3.20. The Morgan fingerprint density at radius 2 is 2.54 bits per heavy atom. The maximum atomic E-state index is 10.4. The number of carbonyl (C=O) groups is 1. The molecule has 4 nitrogen and oxygen atoms in total. The van der Waals surface area contributed by atoms with Crippen LogP contribution in [0.25, 0.3) is 0 Å². The second-order valence-electron chi connectivity index (χ2n) is 3.52. The molecule has 1 amide bonds. The van der Waals surface area contributed by atoms with Crippen LogP contribution in [0.15, 0.2) is 10.8 Å². The molecule has 0 N–H and O–H groups in total. The highest BCUT2D eigenvalue weighted by Crippen LogP contribution is 2.40. The lowest BCUT2D eigenvalue weighted by atomic mass is 10.2. The first-order chi connectivity index (χ1) is 6.31. The number of amides is 1. The highest BCUT2D eigenvalue weighted by Gasteiger charge is 2.29. The maximum Gasteiger partial charge on any atom is 0.209 e. The van der Waals surface area contributed by atoms with Gasteiger partial charge in [0.15, 0.2) is 0 Å². The summed E-state index contributed by atoms with van der Waals surface area (Å²) in [6.07, 6.45) is 4.84. The van der Waals surface area contributed by atoms with Crippen molar-refractivity contribution in [2.45, 2.75) is 25.3 Å². The van der Waals surface area contributed by atoms with Crippen molar-refractivity contribution in [3.05, 3.63) is 17.5 Å². The normalized spacial score (nSPS) is 15.8. The summed E-state index contributed by atoms with van der Waals surface area (Å²) < 4.78 is 4.90. The van der Waals surface area contributed by atoms with E-state index in [1.807, 2.05) is 0 Å². The van der Waals surface area contributed by atoms with Gasteiger partial charge in [-0.05, 0) is 12.8 Å². The van der Waals surface area contributed by atoms with Crippen molar-refractivity contribution in [1.82, 2.24) is 10.1 Å². The van der Waals surface area contributed by atoms with Crippen molar-refractivity contribution >= 4 is 6.41 Å². The van der Waals surface area contributed by atoms with Crippen LogP contribution in [0.3, 0.4) is 0 Å². The third-order valence-electron chi connectivity index (χ3n) is 2.24. The first-order valence-electron chi connectivity index (χ1n) is 4.40. The van der Waals surface area contributed by atoms with Crippen LogP contribution < -0.4 is 0 Å². The van der Waals surface area contributed by atoms with Crippen LogP contribution in [0.2, 0.25) is 0 Å². The third-order valence-corrected chi connectivity index (χ3v) is 2.24. The summed E-state index contributed by atoms with van der Waals surface area (Å²) in [5, 5.41) is 3.95. The van der Waals surface area contributed by atoms with Crippen LogP contribution in [0, 0.1) is 0 Å². The number of nitrogens with zero attached hydrogens (tertiary/aromatic N) is 2. The van der Waals surface area contributed by atoms with E-state index >= 15 is 0 Å². The fourth-order valence-electron chi connectivity index (χ4n) is 1.38. The van der Waals surface area contributed by atoms with Crippen LogP contribution in [-0.2, 0) is 11.3 Å². The molecule has 0 aliphatic heterocycles. The van der Waals surface area contributed by atoms with Gasteiger partial charge in [-0.2, -0.15) is 0 Å². The van der Waals surface area contributed by atoms with E-state index in [0.717, 1.165) is 17.7 Å². The Hall–Kier alpha value is -1.32. The molecule has 4 heteroatoms. The molecule has 2 rings (SSSR count). The topological polar surface area (TPSA) is 46.3 Å². The van der Waals surface area contributed by atoms with Gasteiger partial charge < -0.3 is 9.42 Å². The van der Waals surface area contributed by atoms with Gasteiger partial charge in [0.25, 0.3) is 0 Å². The van der Waals surface area contributed by atoms with Crippen molar-refractivity contribution in [3.63, 3.8) is 0 Å². The highest BCUT2D eigenvalue weighted by molar-refractivity contribution is 5.46. The number of carbonyl (C=O) groups excluding carboxylic acids is 1. The first kappa shape index (κ1) is 8.29. The Morgan fingerprint density at radius 3 is 3.15 bits per heavy atom. The van der Waals surface area contributed by atoms with Gasteiger partial charge in [-0.3, -0.25) is 4.79 Å². The van der Waals surface area contributed by atoms with E-state index in [0.29, 0.717) is 12.5 Å². The van der Waals surface area contributed by atoms with Gasteiger partial charge in [-0.1, -0.05) is 5.16 Å². The van der Waals surface area contributed by atoms with E-state index in [9.17, 15) is 4.79 Å². The Balaban J connectivity index is 2.09. The molecular formula is C9H12N2O2. The van der Waals surface area contributed by atoms with Crippen molar-refractivity contribution in [2.75, 3.05) is 7.05 Å². The Kier molecular flexibility index (Phi) is 2.04. The van der Waals surface area contributed by atoms with E-state index in [1.165, 1.54) is 12.8 Å². The summed E-state index contributed by atoms with van der Waals surface area (Å²) >= 11 is 0. The van der Waals surface area contributed by atoms with Crippen LogP contribution in [0.5, 0.6) is 0 Å². The van der Waals surface area contributed by atoms with E-state index in [2.05, 4.69) is 5.16 Å². The van der Waals surface area contributed by atoms with E-state index in [4.69, 9.17) is 4.52 Å². The van der Waals surface area contributed by atoms with Crippen molar-refractivity contribution in [1.29, 1.82) is 0 Å². The molecule has 0 spiro atoms. The molecule has 0 unspecified atom stereocenters. The molecule has 1 aliphatic rings. The minimum absolute atomic E-state index is 0.578. The largest absolute Gasteiger partial charge is 0.364 e. The fourth-order valence-corrected chi connectivity index (χ4v) is 1.38. The smallest absolute Gasteiger partial charge is 0.209 e. The molecular weight excluding hydrogens is 168 g/mol. The van der Waals surface area contributed by atoms with Crippen LogP contribution in [0.1, 0.15) is 30.0 Å². The number of hydrogen-bond acceptors (Lipinski definition) is 3. The lowest BCUT2D eigenvalue weighted by Gasteiger charge is -2.08. The van der Waals surface area contributed by atoms with Gasteiger partial charge in [0.2, 0.25) is 6.41 Å². The van der Waals surface area contributed by atoms with Crippen molar-refractivity contribution in [3.8, 4) is 0 Å². The average Bonchev–Trinajstić information content (AvgIpc) is 2.88. The first-order valence-corrected chi connectivity index (χ1v) is 4.40. The summed E-state index contributed by atoms with van der Waals surface area (Å²) in [4.78, 5) is 12.0. The van der Waals surface area contributed by atoms with Crippen molar-refractivity contribution < 1.29 is 9.32 Å². The Bertz CT molecular complexity index is 304. The summed E-state index contributed by atoms with van der Waals surface area (Å²) in [7, 11) is 1.75. The predicted molar refractivity (Wildman–Crippen MR) is 46.0 cm³/mol. The molecule has 0 radical (unpaired) electrons. The van der Waals surface area contributed by atoms with Gasteiger partial charge in [-0.25, -0.2) is 0 Å². The molecule has 0 saturated heterocycles. The maximum absolute atomic E-state index is 10.4. The minimum atomic E-state index is 0.578. The summed E-state index contributed by atoms with van der Waals surface area (Å²) in [5.41, 5.74) is 2.07. The molecule has 1 saturated carbocycles. The number of aromatic nitrogens is 1. The quantitative estimate of drug-likeness (QED) is 0.653. The monoisotopic (exact) mass is 180 g/mol. The van der Waals surface area contributed by atoms with Crippen molar-refractivity contribution in [2.24, 2.45) is 0 Å². The van der Waals surface area contributed by atoms with Gasteiger partial charge in [-0.15, -0.1) is 0 Å². The van der Waals surface area contributed by atoms with Gasteiger partial charge in [0.05, 0.1) is 12.2 Å². The van der Waals surface area contributed by atoms with E-state index in [-0.39, 0.29) is 0 Å². The molecule has 1 heterocycles. The lowest BCUT2D eigenvalue weighted by molar-refractivity contribution is -0.117. The molecule has 70 valence electrons. The number of hydrogen-bond donors (Lipinski definition) is 0. The van der Waals surface area contributed by atoms with E-state index in [1.54, 1.807) is 18.2 Å². The molecule has 1 fully saturated rings. The molecule has 1 aromatic rings. The molecule has 13 heavy (non-hydrogen) atoms. The van der Waals surface area contributed by atoms with Gasteiger partial charge in [0.1, 0.15) is 6.26 Å². The van der Waals surface area contributed by atoms with Gasteiger partial charge >= 0.3 is 0 Å². The zero-order chi connectivity index (χ0) is 9.26. The van der Waals surface area contributed by atoms with Crippen LogP contribution in [0.4, 0.5) is 0 Å². The van der Waals surface area contributed by atoms with Crippen LogP contribution in [-0.4, -0.2) is 23.5 Å².